The van der Waals surface area contributed by atoms with Gasteiger partial charge in [0.25, 0.3) is 0 Å². The molecule has 0 aliphatic heterocycles. The number of ether oxygens (including phenoxy) is 2. The van der Waals surface area contributed by atoms with Crippen molar-refractivity contribution in [1.29, 1.82) is 0 Å². The van der Waals surface area contributed by atoms with Gasteiger partial charge in [0.2, 0.25) is 0 Å². The minimum atomic E-state index is -1.11. The summed E-state index contributed by atoms with van der Waals surface area (Å²) in [6.45, 7) is 5.30. The normalized spacial score (nSPS) is 20.7. The van der Waals surface area contributed by atoms with Gasteiger partial charge in [-0.25, -0.2) is 9.78 Å². The summed E-state index contributed by atoms with van der Waals surface area (Å²) in [6.07, 6.45) is 0.330. The van der Waals surface area contributed by atoms with Crippen molar-refractivity contribution >= 4 is 46.0 Å². The lowest BCUT2D eigenvalue weighted by Gasteiger charge is -2.16. The third-order valence-corrected chi connectivity index (χ3v) is 5.86. The number of hydrogen-bond donors (Lipinski definition) is 0. The molecular weight excluding hydrogens is 377 g/mol. The molecule has 0 amide bonds. The highest BCUT2D eigenvalue weighted by Crippen LogP contribution is 2.64. The van der Waals surface area contributed by atoms with Crippen LogP contribution in [0.2, 0.25) is 0 Å². The first-order valence-corrected chi connectivity index (χ1v) is 9.07. The molecule has 1 atom stereocenters. The van der Waals surface area contributed by atoms with E-state index in [1.165, 1.54) is 0 Å². The highest BCUT2D eigenvalue weighted by atomic mass is 35.5. The van der Waals surface area contributed by atoms with Crippen LogP contribution in [0.25, 0.3) is 10.9 Å². The zero-order valence-electron chi connectivity index (χ0n) is 14.8. The SMILES string of the molecule is CCOC(=O)c1c(COC(=O)[C@@]2(C)CC2(Cl)Cl)nc2ccccc2c1C. The van der Waals surface area contributed by atoms with Crippen LogP contribution in [0.4, 0.5) is 0 Å². The molecule has 0 N–H and O–H groups in total. The number of alkyl halides is 2. The quantitative estimate of drug-likeness (QED) is 0.556. The summed E-state index contributed by atoms with van der Waals surface area (Å²) in [4.78, 5) is 29.3. The number of fused-ring (bicyclic) bond motifs is 1. The Balaban J connectivity index is 1.95. The highest BCUT2D eigenvalue weighted by molar-refractivity contribution is 6.53. The van der Waals surface area contributed by atoms with Crippen LogP contribution < -0.4 is 0 Å². The number of aromatic nitrogens is 1. The summed E-state index contributed by atoms with van der Waals surface area (Å²) in [5.74, 6) is -0.999. The molecule has 1 aliphatic carbocycles. The molecule has 0 unspecified atom stereocenters. The van der Waals surface area contributed by atoms with Gasteiger partial charge in [-0.05, 0) is 32.4 Å². The molecule has 0 spiro atoms. The molecule has 0 saturated heterocycles. The van der Waals surface area contributed by atoms with E-state index >= 15 is 0 Å². The van der Waals surface area contributed by atoms with Crippen molar-refractivity contribution in [3.63, 3.8) is 0 Å². The summed E-state index contributed by atoms with van der Waals surface area (Å²) < 4.78 is 9.43. The Bertz CT molecular complexity index is 896. The van der Waals surface area contributed by atoms with Gasteiger partial charge < -0.3 is 9.47 Å². The number of carbonyl (C=O) groups is 2. The molecular formula is C19H19Cl2NO4. The Morgan fingerprint density at radius 1 is 1.23 bits per heavy atom. The van der Waals surface area contributed by atoms with Gasteiger partial charge >= 0.3 is 11.9 Å². The van der Waals surface area contributed by atoms with Crippen molar-refractivity contribution in [2.75, 3.05) is 6.61 Å². The predicted molar refractivity (Wildman–Crippen MR) is 99.4 cm³/mol. The van der Waals surface area contributed by atoms with Crippen LogP contribution >= 0.6 is 23.2 Å². The molecule has 26 heavy (non-hydrogen) atoms. The van der Waals surface area contributed by atoms with Gasteiger partial charge in [0.05, 0.1) is 23.4 Å². The minimum Gasteiger partial charge on any atom is -0.462 e. The van der Waals surface area contributed by atoms with Crippen molar-refractivity contribution in [1.82, 2.24) is 4.98 Å². The average Bonchev–Trinajstić information content (AvgIpc) is 3.12. The minimum absolute atomic E-state index is 0.155. The van der Waals surface area contributed by atoms with E-state index < -0.39 is 21.7 Å². The van der Waals surface area contributed by atoms with Crippen molar-refractivity contribution in [3.8, 4) is 0 Å². The smallest absolute Gasteiger partial charge is 0.340 e. The van der Waals surface area contributed by atoms with Gasteiger partial charge in [0.15, 0.2) is 0 Å². The number of aryl methyl sites for hydroxylation is 1. The maximum Gasteiger partial charge on any atom is 0.340 e. The van der Waals surface area contributed by atoms with Crippen LogP contribution in [0.5, 0.6) is 0 Å². The van der Waals surface area contributed by atoms with Crippen molar-refractivity contribution in [2.45, 2.75) is 38.1 Å². The number of rotatable bonds is 5. The number of hydrogen-bond acceptors (Lipinski definition) is 5. The van der Waals surface area contributed by atoms with Gasteiger partial charge in [-0.2, -0.15) is 0 Å². The molecule has 0 bridgehead atoms. The fourth-order valence-corrected chi connectivity index (χ4v) is 3.62. The number of nitrogens with zero attached hydrogens (tertiary/aromatic N) is 1. The molecule has 7 heteroatoms. The van der Waals surface area contributed by atoms with Gasteiger partial charge in [-0.15, -0.1) is 23.2 Å². The first kappa shape index (κ1) is 18.9. The number of esters is 2. The second-order valence-corrected chi connectivity index (χ2v) is 8.07. The maximum absolute atomic E-state index is 12.4. The second-order valence-electron chi connectivity index (χ2n) is 6.59. The largest absolute Gasteiger partial charge is 0.462 e. The van der Waals surface area contributed by atoms with Crippen molar-refractivity contribution in [3.05, 3.63) is 41.1 Å². The van der Waals surface area contributed by atoms with Crippen LogP contribution in [0.3, 0.4) is 0 Å². The molecule has 1 saturated carbocycles. The number of halogens is 2. The Morgan fingerprint density at radius 3 is 2.50 bits per heavy atom. The Labute approximate surface area is 161 Å². The molecule has 2 aromatic rings. The first-order chi connectivity index (χ1) is 12.2. The fraction of sp³-hybridized carbons (Fsp3) is 0.421. The summed E-state index contributed by atoms with van der Waals surface area (Å²) in [5.41, 5.74) is 1.19. The van der Waals surface area contributed by atoms with Crippen molar-refractivity contribution in [2.24, 2.45) is 5.41 Å². The van der Waals surface area contributed by atoms with Crippen LogP contribution in [0, 0.1) is 12.3 Å². The van der Waals surface area contributed by atoms with E-state index in [9.17, 15) is 9.59 Å². The fourth-order valence-electron chi connectivity index (χ4n) is 2.93. The maximum atomic E-state index is 12.4. The molecule has 1 heterocycles. The van der Waals surface area contributed by atoms with Gasteiger partial charge in [0, 0.05) is 11.8 Å². The number of para-hydroxylation sites is 1. The Hall–Kier alpha value is -1.85. The lowest BCUT2D eigenvalue weighted by molar-refractivity contribution is -0.151. The standard InChI is InChI=1S/C19H19Cl2NO4/c1-4-25-16(23)15-11(2)12-7-5-6-8-13(12)22-14(15)9-26-17(24)18(3)10-19(18,20)21/h5-8H,4,9-10H2,1-3H3/t18-/m1/s1. The van der Waals surface area contributed by atoms with Gasteiger partial charge in [-0.3, -0.25) is 4.79 Å². The summed E-state index contributed by atoms with van der Waals surface area (Å²) in [6, 6.07) is 7.46. The lowest BCUT2D eigenvalue weighted by Crippen LogP contribution is -2.22. The van der Waals surface area contributed by atoms with E-state index in [1.54, 1.807) is 13.8 Å². The number of pyridine rings is 1. The molecule has 138 valence electrons. The molecule has 1 aromatic heterocycles. The lowest BCUT2D eigenvalue weighted by atomic mass is 10.0. The zero-order chi connectivity index (χ0) is 19.1. The van der Waals surface area contributed by atoms with Crippen LogP contribution in [0.1, 0.15) is 41.9 Å². The van der Waals surface area contributed by atoms with Gasteiger partial charge in [-0.1, -0.05) is 18.2 Å². The Kier molecular flexibility index (Phi) is 4.88. The van der Waals surface area contributed by atoms with E-state index in [2.05, 4.69) is 4.98 Å². The third kappa shape index (κ3) is 3.14. The predicted octanol–water partition coefficient (Wildman–Crippen LogP) is 4.35. The van der Waals surface area contributed by atoms with E-state index in [0.717, 1.165) is 10.9 Å². The molecule has 0 radical (unpaired) electrons. The molecule has 3 rings (SSSR count). The van der Waals surface area contributed by atoms with E-state index in [1.807, 2.05) is 31.2 Å². The molecule has 1 aromatic carbocycles. The molecule has 5 nitrogen and oxygen atoms in total. The van der Waals surface area contributed by atoms with E-state index in [4.69, 9.17) is 32.7 Å². The first-order valence-electron chi connectivity index (χ1n) is 8.31. The summed E-state index contributed by atoms with van der Waals surface area (Å²) >= 11 is 12.1. The van der Waals surface area contributed by atoms with E-state index in [-0.39, 0.29) is 13.2 Å². The van der Waals surface area contributed by atoms with Crippen LogP contribution in [-0.4, -0.2) is 27.9 Å². The van der Waals surface area contributed by atoms with E-state index in [0.29, 0.717) is 23.2 Å². The van der Waals surface area contributed by atoms with Gasteiger partial charge in [0.1, 0.15) is 16.4 Å². The summed E-state index contributed by atoms with van der Waals surface area (Å²) in [5, 5.41) is 0.848. The third-order valence-electron chi connectivity index (χ3n) is 4.75. The van der Waals surface area contributed by atoms with Crippen molar-refractivity contribution < 1.29 is 19.1 Å². The average molecular weight is 396 g/mol. The Morgan fingerprint density at radius 2 is 1.88 bits per heavy atom. The second kappa shape index (κ2) is 6.71. The topological polar surface area (TPSA) is 65.5 Å². The van der Waals surface area contributed by atoms with Crippen LogP contribution in [0.15, 0.2) is 24.3 Å². The highest BCUT2D eigenvalue weighted by Gasteiger charge is 2.69. The summed E-state index contributed by atoms with van der Waals surface area (Å²) in [7, 11) is 0. The molecule has 1 fully saturated rings. The molecule has 1 aliphatic rings. The number of benzene rings is 1. The monoisotopic (exact) mass is 395 g/mol. The van der Waals surface area contributed by atoms with Crippen LogP contribution in [-0.2, 0) is 20.9 Å². The zero-order valence-corrected chi connectivity index (χ0v) is 16.3. The number of carbonyl (C=O) groups excluding carboxylic acids is 2.